The Balaban J connectivity index is 1.73. The Kier molecular flexibility index (Phi) is 8.59. The zero-order chi connectivity index (χ0) is 26.6. The monoisotopic (exact) mass is 521 g/mol. The Morgan fingerprint density at radius 1 is 1.00 bits per heavy atom. The Labute approximate surface area is 220 Å². The zero-order valence-electron chi connectivity index (χ0n) is 21.9. The van der Waals surface area contributed by atoms with E-state index in [0.29, 0.717) is 13.2 Å². The molecule has 1 aliphatic heterocycles. The molecule has 0 radical (unpaired) electrons. The van der Waals surface area contributed by atoms with Gasteiger partial charge in [0.1, 0.15) is 5.82 Å². The number of benzene rings is 3. The number of morpholine rings is 1. The van der Waals surface area contributed by atoms with Crippen LogP contribution in [-0.2, 0) is 14.0 Å². The van der Waals surface area contributed by atoms with Crippen molar-refractivity contribution < 1.29 is 23.5 Å². The molecule has 0 aliphatic carbocycles. The third kappa shape index (κ3) is 6.54. The highest BCUT2D eigenvalue weighted by Gasteiger charge is 2.44. The number of hydrogen-bond donors (Lipinski definition) is 1. The number of carbonyl (C=O) groups is 1. The van der Waals surface area contributed by atoms with E-state index >= 15 is 0 Å². The lowest BCUT2D eigenvalue weighted by atomic mass is 9.74. The average molecular weight is 522 g/mol. The van der Waals surface area contributed by atoms with Crippen LogP contribution in [0.15, 0.2) is 84.9 Å². The van der Waals surface area contributed by atoms with Gasteiger partial charge in [0.05, 0.1) is 12.1 Å². The number of aliphatic hydroxyl groups excluding tert-OH is 1. The van der Waals surface area contributed by atoms with Crippen LogP contribution in [-0.4, -0.2) is 50.5 Å². The quantitative estimate of drug-likeness (QED) is 0.460. The van der Waals surface area contributed by atoms with E-state index in [9.17, 15) is 14.3 Å². The SMILES string of the molecule is CC1CN([C@@H](c2ccc(F)cc2)[C@H](CO[SiH](c2ccccc2)c2ccccc2)C(C)(C)C)C(=O)[C@@H](O)O1. The van der Waals surface area contributed by atoms with Crippen LogP contribution in [0.2, 0.25) is 0 Å². The molecule has 1 N–H and O–H groups in total. The summed E-state index contributed by atoms with van der Waals surface area (Å²) in [6, 6.07) is 26.4. The van der Waals surface area contributed by atoms with E-state index in [1.54, 1.807) is 17.0 Å². The van der Waals surface area contributed by atoms with Gasteiger partial charge in [-0.1, -0.05) is 93.6 Å². The number of aliphatic hydroxyl groups is 1. The Hall–Kier alpha value is -2.84. The van der Waals surface area contributed by atoms with Gasteiger partial charge in [-0.3, -0.25) is 4.79 Å². The maximum atomic E-state index is 13.9. The van der Waals surface area contributed by atoms with Crippen molar-refractivity contribution in [1.82, 2.24) is 4.90 Å². The van der Waals surface area contributed by atoms with Crippen LogP contribution < -0.4 is 10.4 Å². The van der Waals surface area contributed by atoms with Gasteiger partial charge in [-0.2, -0.15) is 0 Å². The van der Waals surface area contributed by atoms with E-state index in [1.807, 2.05) is 43.3 Å². The summed E-state index contributed by atoms with van der Waals surface area (Å²) in [5.41, 5.74) is 0.523. The maximum Gasteiger partial charge on any atom is 0.279 e. The third-order valence-electron chi connectivity index (χ3n) is 7.00. The van der Waals surface area contributed by atoms with Gasteiger partial charge in [-0.25, -0.2) is 4.39 Å². The number of hydrogen-bond acceptors (Lipinski definition) is 4. The van der Waals surface area contributed by atoms with Crippen molar-refractivity contribution in [3.63, 3.8) is 0 Å². The van der Waals surface area contributed by atoms with Crippen molar-refractivity contribution in [1.29, 1.82) is 0 Å². The molecular weight excluding hydrogens is 485 g/mol. The summed E-state index contributed by atoms with van der Waals surface area (Å²) in [5.74, 6) is -0.975. The minimum absolute atomic E-state index is 0.151. The van der Waals surface area contributed by atoms with E-state index < -0.39 is 27.3 Å². The lowest BCUT2D eigenvalue weighted by Gasteiger charge is -2.46. The normalized spacial score (nSPS) is 20.2. The van der Waals surface area contributed by atoms with Crippen molar-refractivity contribution in [2.24, 2.45) is 11.3 Å². The van der Waals surface area contributed by atoms with E-state index in [2.05, 4.69) is 45.0 Å². The van der Waals surface area contributed by atoms with Gasteiger partial charge < -0.3 is 19.2 Å². The van der Waals surface area contributed by atoms with Crippen LogP contribution >= 0.6 is 0 Å². The molecule has 1 fully saturated rings. The van der Waals surface area contributed by atoms with Crippen molar-refractivity contribution in [2.45, 2.75) is 46.1 Å². The van der Waals surface area contributed by atoms with Crippen LogP contribution in [0, 0.1) is 17.2 Å². The highest BCUT2D eigenvalue weighted by Crippen LogP contribution is 2.42. The Morgan fingerprint density at radius 2 is 1.54 bits per heavy atom. The first kappa shape index (κ1) is 27.2. The number of halogens is 1. The summed E-state index contributed by atoms with van der Waals surface area (Å²) >= 11 is 0. The molecule has 1 unspecified atom stereocenters. The van der Waals surface area contributed by atoms with Crippen molar-refractivity contribution >= 4 is 25.3 Å². The average Bonchev–Trinajstić information content (AvgIpc) is 2.87. The van der Waals surface area contributed by atoms with Crippen LogP contribution in [0.25, 0.3) is 0 Å². The molecule has 196 valence electrons. The van der Waals surface area contributed by atoms with E-state index in [4.69, 9.17) is 9.16 Å². The molecular formula is C30H36FNO4Si. The zero-order valence-corrected chi connectivity index (χ0v) is 23.0. The van der Waals surface area contributed by atoms with Crippen LogP contribution in [0.4, 0.5) is 4.39 Å². The highest BCUT2D eigenvalue weighted by molar-refractivity contribution is 6.80. The van der Waals surface area contributed by atoms with Crippen molar-refractivity contribution in [3.8, 4) is 0 Å². The van der Waals surface area contributed by atoms with Gasteiger partial charge in [-0.15, -0.1) is 0 Å². The second-order valence-electron chi connectivity index (χ2n) is 10.8. The number of nitrogens with zero attached hydrogens (tertiary/aromatic N) is 1. The van der Waals surface area contributed by atoms with E-state index in [-0.39, 0.29) is 23.3 Å². The van der Waals surface area contributed by atoms with Gasteiger partial charge in [0.15, 0.2) is 0 Å². The maximum absolute atomic E-state index is 13.9. The predicted molar refractivity (Wildman–Crippen MR) is 146 cm³/mol. The minimum atomic E-state index is -2.04. The van der Waals surface area contributed by atoms with Gasteiger partial charge in [-0.05, 0) is 40.4 Å². The highest BCUT2D eigenvalue weighted by atomic mass is 28.3. The molecule has 3 aromatic carbocycles. The number of amides is 1. The topological polar surface area (TPSA) is 59.0 Å². The molecule has 5 nitrogen and oxygen atoms in total. The molecule has 1 amide bonds. The summed E-state index contributed by atoms with van der Waals surface area (Å²) in [6.07, 6.45) is -1.86. The molecule has 1 saturated heterocycles. The molecule has 4 rings (SSSR count). The number of rotatable bonds is 8. The van der Waals surface area contributed by atoms with Gasteiger partial charge >= 0.3 is 0 Å². The fraction of sp³-hybridized carbons (Fsp3) is 0.367. The van der Waals surface area contributed by atoms with Gasteiger partial charge in [0.2, 0.25) is 15.3 Å². The van der Waals surface area contributed by atoms with E-state index in [0.717, 1.165) is 5.56 Å². The van der Waals surface area contributed by atoms with Crippen LogP contribution in [0.5, 0.6) is 0 Å². The van der Waals surface area contributed by atoms with Crippen molar-refractivity contribution in [2.75, 3.05) is 13.2 Å². The molecule has 0 saturated carbocycles. The lowest BCUT2D eigenvalue weighted by Crippen LogP contribution is -2.55. The fourth-order valence-electron chi connectivity index (χ4n) is 5.03. The van der Waals surface area contributed by atoms with Gasteiger partial charge in [0.25, 0.3) is 5.91 Å². The first-order valence-corrected chi connectivity index (χ1v) is 14.4. The third-order valence-corrected chi connectivity index (χ3v) is 9.50. The molecule has 1 heterocycles. The molecule has 0 spiro atoms. The molecule has 0 bridgehead atoms. The standard InChI is InChI=1S/C30H36FNO4Si/c1-21-19-32(28(33)29(34)36-21)27(22-15-17-23(31)18-16-22)26(30(2,3)4)20-35-37(24-11-7-5-8-12-24)25-13-9-6-10-14-25/h5-18,21,26-27,29,34,37H,19-20H2,1-4H3/t21?,26-,27-,29-/m0/s1. The minimum Gasteiger partial charge on any atom is -0.411 e. The molecule has 7 heteroatoms. The van der Waals surface area contributed by atoms with Crippen LogP contribution in [0.3, 0.4) is 0 Å². The van der Waals surface area contributed by atoms with Crippen LogP contribution in [0.1, 0.15) is 39.3 Å². The van der Waals surface area contributed by atoms with Crippen molar-refractivity contribution in [3.05, 3.63) is 96.3 Å². The number of ether oxygens (including phenoxy) is 1. The first-order chi connectivity index (χ1) is 17.6. The molecule has 37 heavy (non-hydrogen) atoms. The summed E-state index contributed by atoms with van der Waals surface area (Å²) in [7, 11) is -2.04. The number of carbonyl (C=O) groups excluding carboxylic acids is 1. The predicted octanol–water partition coefficient (Wildman–Crippen LogP) is 3.65. The summed E-state index contributed by atoms with van der Waals surface area (Å²) < 4.78 is 26.1. The molecule has 4 atom stereocenters. The van der Waals surface area contributed by atoms with E-state index in [1.165, 1.54) is 22.5 Å². The largest absolute Gasteiger partial charge is 0.411 e. The molecule has 0 aromatic heterocycles. The van der Waals surface area contributed by atoms with Gasteiger partial charge in [0, 0.05) is 19.1 Å². The molecule has 3 aromatic rings. The Morgan fingerprint density at radius 3 is 2.05 bits per heavy atom. The fourth-order valence-corrected chi connectivity index (χ4v) is 7.34. The summed E-state index contributed by atoms with van der Waals surface area (Å²) in [4.78, 5) is 14.9. The second kappa shape index (κ2) is 11.7. The smallest absolute Gasteiger partial charge is 0.279 e. The first-order valence-electron chi connectivity index (χ1n) is 12.8. The lowest BCUT2D eigenvalue weighted by molar-refractivity contribution is -0.204. The summed E-state index contributed by atoms with van der Waals surface area (Å²) in [6.45, 7) is 8.93. The molecule has 1 aliphatic rings. The Bertz CT molecular complexity index is 1110. The second-order valence-corrected chi connectivity index (χ2v) is 13.2. The summed E-state index contributed by atoms with van der Waals surface area (Å²) in [5, 5.41) is 12.7.